The van der Waals surface area contributed by atoms with Crippen molar-refractivity contribution in [3.63, 3.8) is 0 Å². The van der Waals surface area contributed by atoms with Gasteiger partial charge in [-0.05, 0) is 69.9 Å². The quantitative estimate of drug-likeness (QED) is 0.727. The molecule has 26 heavy (non-hydrogen) atoms. The van der Waals surface area contributed by atoms with Gasteiger partial charge in [-0.15, -0.1) is 0 Å². The third-order valence-corrected chi connectivity index (χ3v) is 4.44. The minimum Gasteiger partial charge on any atom is -0.497 e. The van der Waals surface area contributed by atoms with Gasteiger partial charge in [0.25, 0.3) is 0 Å². The van der Waals surface area contributed by atoms with Crippen LogP contribution >= 0.6 is 0 Å². The summed E-state index contributed by atoms with van der Waals surface area (Å²) in [6, 6.07) is 8.16. The highest BCUT2D eigenvalue weighted by atomic mass is 16.6. The van der Waals surface area contributed by atoms with E-state index in [1.807, 2.05) is 31.2 Å². The van der Waals surface area contributed by atoms with E-state index in [0.29, 0.717) is 6.54 Å². The molecule has 0 spiro atoms. The molecular weight excluding hydrogens is 334 g/mol. The van der Waals surface area contributed by atoms with Crippen molar-refractivity contribution in [2.75, 3.05) is 33.3 Å². The van der Waals surface area contributed by atoms with Crippen LogP contribution in [-0.4, -0.2) is 57.0 Å². The van der Waals surface area contributed by atoms with E-state index < -0.39 is 0 Å². The number of carbonyl (C=O) groups is 1. The number of alkyl carbamates (subject to hydrolysis) is 1. The molecule has 2 heterocycles. The van der Waals surface area contributed by atoms with Crippen molar-refractivity contribution in [2.24, 2.45) is 0 Å². The third kappa shape index (κ3) is 7.59. The number of hydrogen-bond donors (Lipinski definition) is 3. The molecule has 2 saturated heterocycles. The number of rotatable bonds is 5. The maximum Gasteiger partial charge on any atom is 0.407 e. The highest BCUT2D eigenvalue weighted by molar-refractivity contribution is 5.67. The Balaban J connectivity index is 0.000000486. The average Bonchev–Trinajstić information content (AvgIpc) is 3.32. The van der Waals surface area contributed by atoms with Crippen molar-refractivity contribution in [1.82, 2.24) is 16.0 Å². The molecule has 1 aromatic carbocycles. The Kier molecular flexibility index (Phi) is 10.7. The lowest BCUT2D eigenvalue weighted by atomic mass is 10.0. The first-order valence-electron chi connectivity index (χ1n) is 9.24. The fourth-order valence-corrected chi connectivity index (χ4v) is 3.05. The maximum absolute atomic E-state index is 11.5. The summed E-state index contributed by atoms with van der Waals surface area (Å²) in [5, 5.41) is 9.28. The molecule has 148 valence electrons. The summed E-state index contributed by atoms with van der Waals surface area (Å²) in [7, 11) is 1.66. The molecule has 1 amide bonds. The summed E-state index contributed by atoms with van der Waals surface area (Å²) in [4.78, 5) is 11.5. The summed E-state index contributed by atoms with van der Waals surface area (Å²) >= 11 is 0. The number of ether oxygens (including phenoxy) is 2. The molecule has 2 atom stereocenters. The van der Waals surface area contributed by atoms with Crippen LogP contribution in [0.5, 0.6) is 5.75 Å². The molecule has 1 aromatic rings. The first-order valence-corrected chi connectivity index (χ1v) is 9.24. The van der Waals surface area contributed by atoms with E-state index in [0.717, 1.165) is 25.1 Å². The van der Waals surface area contributed by atoms with Gasteiger partial charge < -0.3 is 30.9 Å². The third-order valence-electron chi connectivity index (χ3n) is 4.44. The fourth-order valence-electron chi connectivity index (χ4n) is 3.05. The number of hydrogen-bond acceptors (Lipinski definition) is 5. The summed E-state index contributed by atoms with van der Waals surface area (Å²) in [6.45, 7) is 5.84. The SMILES string of the molecule is C1CCNC1.CCNC(=O)OC1CCN[C@@H]1Cc1ccc(OC)cc1.O. The van der Waals surface area contributed by atoms with E-state index in [1.165, 1.54) is 31.5 Å². The lowest BCUT2D eigenvalue weighted by molar-refractivity contribution is 0.0905. The standard InChI is InChI=1S/C15H22N2O3.C4H9N.H2O/c1-3-16-15(18)20-14-8-9-17-13(14)10-11-4-6-12(19-2)7-5-11;1-2-4-5-3-1;/h4-7,13-14,17H,3,8-10H2,1-2H3,(H,16,18);5H,1-4H2;1H2/t13-,14?;;/m1../s1. The molecule has 2 aliphatic rings. The van der Waals surface area contributed by atoms with Gasteiger partial charge in [-0.1, -0.05) is 12.1 Å². The Bertz CT molecular complexity index is 498. The predicted octanol–water partition coefficient (Wildman–Crippen LogP) is 1.26. The molecule has 0 bridgehead atoms. The highest BCUT2D eigenvalue weighted by Crippen LogP contribution is 2.18. The van der Waals surface area contributed by atoms with Gasteiger partial charge in [-0.3, -0.25) is 0 Å². The van der Waals surface area contributed by atoms with Crippen LogP contribution in [0.4, 0.5) is 4.79 Å². The lowest BCUT2D eigenvalue weighted by Crippen LogP contribution is -2.38. The summed E-state index contributed by atoms with van der Waals surface area (Å²) < 4.78 is 10.6. The average molecular weight is 367 g/mol. The lowest BCUT2D eigenvalue weighted by Gasteiger charge is -2.20. The Morgan fingerprint density at radius 1 is 1.19 bits per heavy atom. The van der Waals surface area contributed by atoms with Crippen LogP contribution < -0.4 is 20.7 Å². The van der Waals surface area contributed by atoms with Gasteiger partial charge in [-0.2, -0.15) is 0 Å². The molecule has 3 rings (SSSR count). The number of nitrogens with one attached hydrogen (secondary N) is 3. The van der Waals surface area contributed by atoms with E-state index in [1.54, 1.807) is 7.11 Å². The number of benzene rings is 1. The maximum atomic E-state index is 11.5. The summed E-state index contributed by atoms with van der Waals surface area (Å²) in [5.74, 6) is 0.850. The highest BCUT2D eigenvalue weighted by Gasteiger charge is 2.30. The van der Waals surface area contributed by atoms with Crippen LogP contribution in [0.3, 0.4) is 0 Å². The van der Waals surface area contributed by atoms with Crippen LogP contribution in [0.2, 0.25) is 0 Å². The van der Waals surface area contributed by atoms with Crippen molar-refractivity contribution >= 4 is 6.09 Å². The van der Waals surface area contributed by atoms with Crippen molar-refractivity contribution in [3.8, 4) is 5.75 Å². The topological polar surface area (TPSA) is 103 Å². The Morgan fingerprint density at radius 3 is 2.42 bits per heavy atom. The Morgan fingerprint density at radius 2 is 1.88 bits per heavy atom. The van der Waals surface area contributed by atoms with E-state index in [4.69, 9.17) is 9.47 Å². The molecule has 2 aliphatic heterocycles. The fraction of sp³-hybridized carbons (Fsp3) is 0.632. The monoisotopic (exact) mass is 367 g/mol. The molecule has 0 saturated carbocycles. The summed E-state index contributed by atoms with van der Waals surface area (Å²) in [5.41, 5.74) is 1.20. The molecule has 0 aliphatic carbocycles. The second kappa shape index (κ2) is 12.5. The van der Waals surface area contributed by atoms with E-state index >= 15 is 0 Å². The van der Waals surface area contributed by atoms with Crippen molar-refractivity contribution in [2.45, 2.75) is 44.8 Å². The van der Waals surface area contributed by atoms with E-state index in [-0.39, 0.29) is 23.7 Å². The van der Waals surface area contributed by atoms with Crippen LogP contribution in [0.25, 0.3) is 0 Å². The number of methoxy groups -OCH3 is 1. The zero-order chi connectivity index (χ0) is 17.9. The zero-order valence-corrected chi connectivity index (χ0v) is 15.8. The predicted molar refractivity (Wildman–Crippen MR) is 103 cm³/mol. The van der Waals surface area contributed by atoms with Gasteiger partial charge in [0.1, 0.15) is 11.9 Å². The second-order valence-corrected chi connectivity index (χ2v) is 6.33. The minimum atomic E-state index is -0.332. The second-order valence-electron chi connectivity index (χ2n) is 6.33. The van der Waals surface area contributed by atoms with Crippen LogP contribution in [0.1, 0.15) is 31.7 Å². The Hall–Kier alpha value is -1.83. The van der Waals surface area contributed by atoms with Gasteiger partial charge in [0, 0.05) is 12.6 Å². The molecule has 0 aromatic heterocycles. The van der Waals surface area contributed by atoms with Crippen molar-refractivity contribution in [1.29, 1.82) is 0 Å². The van der Waals surface area contributed by atoms with Crippen molar-refractivity contribution < 1.29 is 19.7 Å². The largest absolute Gasteiger partial charge is 0.497 e. The van der Waals surface area contributed by atoms with Crippen LogP contribution in [0.15, 0.2) is 24.3 Å². The van der Waals surface area contributed by atoms with E-state index in [2.05, 4.69) is 16.0 Å². The molecular formula is C19H33N3O4. The van der Waals surface area contributed by atoms with Gasteiger partial charge in [-0.25, -0.2) is 4.79 Å². The molecule has 7 heteroatoms. The molecule has 7 nitrogen and oxygen atoms in total. The molecule has 0 radical (unpaired) electrons. The normalized spacial score (nSPS) is 21.2. The van der Waals surface area contributed by atoms with Gasteiger partial charge in [0.05, 0.1) is 7.11 Å². The van der Waals surface area contributed by atoms with Crippen molar-refractivity contribution in [3.05, 3.63) is 29.8 Å². The first kappa shape index (κ1) is 22.2. The number of carbonyl (C=O) groups excluding carboxylic acids is 1. The molecule has 5 N–H and O–H groups in total. The first-order chi connectivity index (χ1) is 12.2. The van der Waals surface area contributed by atoms with E-state index in [9.17, 15) is 4.79 Å². The van der Waals surface area contributed by atoms with Crippen LogP contribution in [-0.2, 0) is 11.2 Å². The van der Waals surface area contributed by atoms with Gasteiger partial charge >= 0.3 is 6.09 Å². The Labute approximate surface area is 156 Å². The number of amides is 1. The summed E-state index contributed by atoms with van der Waals surface area (Å²) in [6.07, 6.45) is 4.08. The van der Waals surface area contributed by atoms with Gasteiger partial charge in [0.2, 0.25) is 0 Å². The molecule has 2 fully saturated rings. The smallest absolute Gasteiger partial charge is 0.407 e. The minimum absolute atomic E-state index is 0. The van der Waals surface area contributed by atoms with Gasteiger partial charge in [0.15, 0.2) is 0 Å². The zero-order valence-electron chi connectivity index (χ0n) is 15.8. The molecule has 1 unspecified atom stereocenters. The van der Waals surface area contributed by atoms with Crippen LogP contribution in [0, 0.1) is 0 Å².